The molecule has 2 rings (SSSR count). The average Bonchev–Trinajstić information content (AvgIpc) is 3.07. The van der Waals surface area contributed by atoms with Gasteiger partial charge in [-0.2, -0.15) is 0 Å². The van der Waals surface area contributed by atoms with Gasteiger partial charge in [0.2, 0.25) is 0 Å². The van der Waals surface area contributed by atoms with E-state index >= 15 is 0 Å². The molecule has 0 saturated carbocycles. The number of nitrogens with zero attached hydrogens (tertiary/aromatic N) is 2. The maximum absolute atomic E-state index is 10.6. The molecule has 1 atom stereocenters. The molecule has 0 spiro atoms. The lowest BCUT2D eigenvalue weighted by Crippen LogP contribution is -2.42. The van der Waals surface area contributed by atoms with Gasteiger partial charge in [0.1, 0.15) is 18.5 Å². The fourth-order valence-corrected chi connectivity index (χ4v) is 3.02. The Morgan fingerprint density at radius 1 is 1.32 bits per heavy atom. The number of nitrogens with one attached hydrogen (secondary N) is 2. The summed E-state index contributed by atoms with van der Waals surface area (Å²) in [7, 11) is 0. The summed E-state index contributed by atoms with van der Waals surface area (Å²) in [6.45, 7) is 5.65. The number of aryl methyl sites for hydroxylation is 1. The Kier molecular flexibility index (Phi) is 10.8. The van der Waals surface area contributed by atoms with Crippen molar-refractivity contribution in [3.63, 3.8) is 0 Å². The van der Waals surface area contributed by atoms with Crippen LogP contribution in [0.25, 0.3) is 0 Å². The predicted molar refractivity (Wildman–Crippen MR) is 122 cm³/mol. The van der Waals surface area contributed by atoms with Crippen molar-refractivity contribution >= 4 is 47.0 Å². The Labute approximate surface area is 185 Å². The van der Waals surface area contributed by atoms with Crippen LogP contribution in [0.4, 0.5) is 5.69 Å². The number of nitro groups is 1. The minimum atomic E-state index is -0.757. The van der Waals surface area contributed by atoms with Crippen molar-refractivity contribution in [1.29, 1.82) is 0 Å². The molecule has 0 radical (unpaired) electrons. The number of nitro benzene ring substituents is 1. The van der Waals surface area contributed by atoms with E-state index in [-0.39, 0.29) is 42.8 Å². The summed E-state index contributed by atoms with van der Waals surface area (Å²) in [6.07, 6.45) is -0.757. The van der Waals surface area contributed by atoms with Gasteiger partial charge in [0.05, 0.1) is 11.5 Å². The monoisotopic (exact) mass is 520 g/mol. The van der Waals surface area contributed by atoms with E-state index in [9.17, 15) is 15.2 Å². The van der Waals surface area contributed by atoms with Gasteiger partial charge in [-0.15, -0.1) is 35.3 Å². The first-order valence-corrected chi connectivity index (χ1v) is 9.48. The molecule has 1 unspecified atom stereocenters. The van der Waals surface area contributed by atoms with E-state index in [1.165, 1.54) is 34.7 Å². The van der Waals surface area contributed by atoms with Crippen LogP contribution in [0.3, 0.4) is 0 Å². The van der Waals surface area contributed by atoms with Crippen molar-refractivity contribution in [1.82, 2.24) is 10.6 Å². The zero-order valence-corrected chi connectivity index (χ0v) is 18.9. The maximum Gasteiger partial charge on any atom is 0.269 e. The largest absolute Gasteiger partial charge is 0.491 e. The summed E-state index contributed by atoms with van der Waals surface area (Å²) >= 11 is 1.67. The highest BCUT2D eigenvalue weighted by atomic mass is 127. The molecule has 0 fully saturated rings. The van der Waals surface area contributed by atoms with Crippen LogP contribution in [0.1, 0.15) is 17.4 Å². The average molecular weight is 520 g/mol. The summed E-state index contributed by atoms with van der Waals surface area (Å²) in [5.74, 6) is 1.09. The second kappa shape index (κ2) is 12.5. The number of hydrogen-bond donors (Lipinski definition) is 3. The molecule has 28 heavy (non-hydrogen) atoms. The van der Waals surface area contributed by atoms with E-state index < -0.39 is 11.0 Å². The van der Waals surface area contributed by atoms with Gasteiger partial charge in [0.25, 0.3) is 5.69 Å². The van der Waals surface area contributed by atoms with Crippen molar-refractivity contribution in [2.75, 3.05) is 19.7 Å². The van der Waals surface area contributed by atoms with Gasteiger partial charge >= 0.3 is 0 Å². The Morgan fingerprint density at radius 3 is 2.61 bits per heavy atom. The summed E-state index contributed by atoms with van der Waals surface area (Å²) < 4.78 is 5.46. The van der Waals surface area contributed by atoms with E-state index in [4.69, 9.17) is 4.74 Å². The quantitative estimate of drug-likeness (QED) is 0.154. The number of rotatable bonds is 9. The van der Waals surface area contributed by atoms with Crippen molar-refractivity contribution in [2.24, 2.45) is 4.99 Å². The standard InChI is InChI=1S/C18H24N4O4S.HI/c1-3-19-18(21-11-17-13(2)8-9-27-17)20-10-15(23)12-26-16-6-4-14(5-7-16)22(24)25;/h4-9,15,23H,3,10-12H2,1-2H3,(H2,19,20,21);1H. The Bertz CT molecular complexity index is 767. The second-order valence-electron chi connectivity index (χ2n) is 5.82. The molecule has 1 aromatic heterocycles. The maximum atomic E-state index is 10.6. The van der Waals surface area contributed by atoms with Gasteiger partial charge in [-0.3, -0.25) is 10.1 Å². The predicted octanol–water partition coefficient (Wildman–Crippen LogP) is 3.08. The molecule has 0 bridgehead atoms. The van der Waals surface area contributed by atoms with Crippen LogP contribution >= 0.6 is 35.3 Å². The van der Waals surface area contributed by atoms with Gasteiger partial charge in [-0.1, -0.05) is 0 Å². The molecule has 2 aromatic rings. The van der Waals surface area contributed by atoms with E-state index in [0.29, 0.717) is 24.8 Å². The molecule has 1 heterocycles. The number of hydrogen-bond acceptors (Lipinski definition) is 6. The zero-order chi connectivity index (χ0) is 19.6. The van der Waals surface area contributed by atoms with E-state index in [2.05, 4.69) is 28.6 Å². The number of halogens is 1. The molecular weight excluding hydrogens is 495 g/mol. The summed E-state index contributed by atoms with van der Waals surface area (Å²) in [6, 6.07) is 7.81. The van der Waals surface area contributed by atoms with Crippen molar-refractivity contribution in [2.45, 2.75) is 26.5 Å². The van der Waals surface area contributed by atoms with Crippen LogP contribution in [0.15, 0.2) is 40.7 Å². The summed E-state index contributed by atoms with van der Waals surface area (Å²) in [4.78, 5) is 15.9. The van der Waals surface area contributed by atoms with Gasteiger partial charge in [0.15, 0.2) is 5.96 Å². The number of aliphatic hydroxyl groups is 1. The zero-order valence-electron chi connectivity index (χ0n) is 15.8. The lowest BCUT2D eigenvalue weighted by molar-refractivity contribution is -0.384. The fourth-order valence-electron chi connectivity index (χ4n) is 2.19. The molecule has 0 aliphatic heterocycles. The molecule has 154 valence electrons. The van der Waals surface area contributed by atoms with Crippen LogP contribution < -0.4 is 15.4 Å². The number of thiophene rings is 1. The second-order valence-corrected chi connectivity index (χ2v) is 6.82. The molecule has 0 aliphatic carbocycles. The number of non-ortho nitro benzene ring substituents is 1. The van der Waals surface area contributed by atoms with Crippen LogP contribution in [0, 0.1) is 17.0 Å². The van der Waals surface area contributed by atoms with Crippen molar-refractivity contribution < 1.29 is 14.8 Å². The Hall–Kier alpha value is -1.92. The van der Waals surface area contributed by atoms with E-state index in [0.717, 1.165) is 0 Å². The molecule has 3 N–H and O–H groups in total. The van der Waals surface area contributed by atoms with Crippen molar-refractivity contribution in [3.8, 4) is 5.75 Å². The number of ether oxygens (including phenoxy) is 1. The molecule has 0 aliphatic rings. The molecule has 8 nitrogen and oxygen atoms in total. The fraction of sp³-hybridized carbons (Fsp3) is 0.389. The normalized spacial score (nSPS) is 12.0. The highest BCUT2D eigenvalue weighted by molar-refractivity contribution is 14.0. The minimum absolute atomic E-state index is 0. The highest BCUT2D eigenvalue weighted by Crippen LogP contribution is 2.17. The van der Waals surface area contributed by atoms with Crippen LogP contribution in [0.2, 0.25) is 0 Å². The first kappa shape index (κ1) is 24.1. The third kappa shape index (κ3) is 7.98. The highest BCUT2D eigenvalue weighted by Gasteiger charge is 2.09. The number of guanidine groups is 1. The molecule has 1 aromatic carbocycles. The summed E-state index contributed by atoms with van der Waals surface area (Å²) in [5, 5.41) is 29.0. The SMILES string of the molecule is CCNC(=NCc1sccc1C)NCC(O)COc1ccc([N+](=O)[O-])cc1.I. The number of aliphatic imine (C=N–C) groups is 1. The van der Waals surface area contributed by atoms with E-state index in [1.54, 1.807) is 11.3 Å². The van der Waals surface area contributed by atoms with Crippen LogP contribution in [-0.2, 0) is 6.54 Å². The lowest BCUT2D eigenvalue weighted by Gasteiger charge is -2.16. The first-order chi connectivity index (χ1) is 13.0. The van der Waals surface area contributed by atoms with Gasteiger partial charge in [-0.05, 0) is 43.0 Å². The molecule has 0 amide bonds. The van der Waals surface area contributed by atoms with Crippen LogP contribution in [0.5, 0.6) is 5.75 Å². The van der Waals surface area contributed by atoms with Gasteiger partial charge in [-0.25, -0.2) is 4.99 Å². The van der Waals surface area contributed by atoms with Gasteiger partial charge in [0, 0.05) is 30.1 Å². The lowest BCUT2D eigenvalue weighted by atomic mass is 10.3. The minimum Gasteiger partial charge on any atom is -0.491 e. The van der Waals surface area contributed by atoms with Crippen molar-refractivity contribution in [3.05, 3.63) is 56.3 Å². The third-order valence-electron chi connectivity index (χ3n) is 3.69. The topological polar surface area (TPSA) is 109 Å². The Morgan fingerprint density at radius 2 is 2.04 bits per heavy atom. The number of aliphatic hydroxyl groups excluding tert-OH is 1. The van der Waals surface area contributed by atoms with Gasteiger partial charge < -0.3 is 20.5 Å². The molecule has 0 saturated heterocycles. The van der Waals surface area contributed by atoms with Crippen LogP contribution in [-0.4, -0.2) is 41.8 Å². The molecule has 10 heteroatoms. The third-order valence-corrected chi connectivity index (χ3v) is 4.70. The number of benzene rings is 1. The first-order valence-electron chi connectivity index (χ1n) is 8.60. The smallest absolute Gasteiger partial charge is 0.269 e. The molecular formula is C18H25IN4O4S. The summed E-state index contributed by atoms with van der Waals surface area (Å²) in [5.41, 5.74) is 1.22. The Balaban J connectivity index is 0.00000392. The van der Waals surface area contributed by atoms with E-state index in [1.807, 2.05) is 12.3 Å².